The number of para-hydroxylation sites is 1. The fourth-order valence-corrected chi connectivity index (χ4v) is 8.50. The van der Waals surface area contributed by atoms with Crippen LogP contribution in [0.5, 0.6) is 0 Å². The van der Waals surface area contributed by atoms with E-state index in [1.165, 1.54) is 66.0 Å². The van der Waals surface area contributed by atoms with Crippen molar-refractivity contribution in [1.82, 2.24) is 0 Å². The van der Waals surface area contributed by atoms with Gasteiger partial charge in [-0.15, -0.1) is 0 Å². The Kier molecular flexibility index (Phi) is 9.63. The summed E-state index contributed by atoms with van der Waals surface area (Å²) in [6.45, 7) is 7.75. The second-order valence-electron chi connectivity index (χ2n) is 15.0. The second kappa shape index (κ2) is 14.3. The van der Waals surface area contributed by atoms with Gasteiger partial charge in [0.05, 0.1) is 11.3 Å². The number of allylic oxidation sites excluding steroid dienone is 4. The van der Waals surface area contributed by atoms with Crippen molar-refractivity contribution >= 4 is 40.7 Å². The van der Waals surface area contributed by atoms with Crippen molar-refractivity contribution < 1.29 is 14.7 Å². The highest BCUT2D eigenvalue weighted by molar-refractivity contribution is 6.53. The minimum Gasteiger partial charge on any atom is -0.476 e. The average Bonchev–Trinajstić information content (AvgIpc) is 3.49. The first-order valence-electron chi connectivity index (χ1n) is 18.6. The van der Waals surface area contributed by atoms with E-state index in [4.69, 9.17) is 0 Å². The van der Waals surface area contributed by atoms with E-state index in [0.717, 1.165) is 48.9 Å². The van der Waals surface area contributed by atoms with Gasteiger partial charge >= 0.3 is 5.97 Å². The van der Waals surface area contributed by atoms with Crippen molar-refractivity contribution in [3.05, 3.63) is 118 Å². The normalized spacial score (nSPS) is 22.3. The van der Waals surface area contributed by atoms with Gasteiger partial charge < -0.3 is 10.0 Å². The number of hydrogen-bond acceptors (Lipinski definition) is 4. The third kappa shape index (κ3) is 6.48. The molecule has 0 radical (unpaired) electrons. The van der Waals surface area contributed by atoms with Crippen LogP contribution < -0.4 is 9.91 Å². The molecule has 2 aliphatic heterocycles. The first kappa shape index (κ1) is 33.8. The van der Waals surface area contributed by atoms with Gasteiger partial charge in [0.25, 0.3) is 5.91 Å². The van der Waals surface area contributed by atoms with E-state index >= 15 is 0 Å². The number of anilines is 3. The Labute approximate surface area is 296 Å². The summed E-state index contributed by atoms with van der Waals surface area (Å²) >= 11 is 0. The molecule has 0 saturated heterocycles. The number of carbonyl (C=O) groups excluding carboxylic acids is 1. The molecule has 50 heavy (non-hydrogen) atoms. The van der Waals surface area contributed by atoms with Crippen molar-refractivity contribution in [2.75, 3.05) is 16.5 Å². The molecule has 2 atom stereocenters. The molecule has 6 nitrogen and oxygen atoms in total. The first-order chi connectivity index (χ1) is 24.3. The monoisotopic (exact) mass is 667 g/mol. The Balaban J connectivity index is 1.10. The van der Waals surface area contributed by atoms with Gasteiger partial charge in [0.2, 0.25) is 0 Å². The van der Waals surface area contributed by atoms with Crippen LogP contribution in [0.25, 0.3) is 6.08 Å². The molecule has 1 saturated carbocycles. The van der Waals surface area contributed by atoms with Gasteiger partial charge in [0.1, 0.15) is 0 Å². The number of carboxylic acid groups (broad SMARTS) is 1. The second-order valence-corrected chi connectivity index (χ2v) is 15.0. The zero-order valence-corrected chi connectivity index (χ0v) is 29.7. The number of carbonyl (C=O) groups is 2. The van der Waals surface area contributed by atoms with Crippen molar-refractivity contribution in [3.63, 3.8) is 0 Å². The van der Waals surface area contributed by atoms with Crippen molar-refractivity contribution in [2.45, 2.75) is 85.0 Å². The van der Waals surface area contributed by atoms with Crippen LogP contribution in [0.3, 0.4) is 0 Å². The number of rotatable bonds is 12. The molecule has 2 heterocycles. The highest BCUT2D eigenvalue weighted by Crippen LogP contribution is 2.62. The standard InChI is InChI=1S/C44H49N3O3/c1-4-5-6-7-8-10-14-30-19-23-34(24-20-30)46-26-13-15-33-27-31(21-25-39(33)46)18-22-32-28-36(38-29-37(32)44(38,2)3)40-41(43(49)50)45-47(42(40)48)35-16-11-9-12-17-35/h9,11-12,16-25,27-28,37-38H,4-8,10,13-15,26,29H2,1-3H3,(H,49,50)/b22-18+,40-36+. The largest absolute Gasteiger partial charge is 0.476 e. The molecule has 3 aromatic rings. The summed E-state index contributed by atoms with van der Waals surface area (Å²) in [4.78, 5) is 28.6. The molecule has 3 aromatic carbocycles. The van der Waals surface area contributed by atoms with Crippen LogP contribution >= 0.6 is 0 Å². The Hall–Kier alpha value is -4.71. The number of nitrogens with zero attached hydrogens (tertiary/aromatic N) is 3. The molecule has 8 rings (SSSR count). The van der Waals surface area contributed by atoms with E-state index in [2.05, 4.69) is 91.5 Å². The lowest BCUT2D eigenvalue weighted by atomic mass is 9.47. The van der Waals surface area contributed by atoms with Gasteiger partial charge in [0, 0.05) is 17.9 Å². The maximum Gasteiger partial charge on any atom is 0.357 e. The summed E-state index contributed by atoms with van der Waals surface area (Å²) in [6.07, 6.45) is 18.6. The smallest absolute Gasteiger partial charge is 0.357 e. The Morgan fingerprint density at radius 1 is 0.920 bits per heavy atom. The molecular weight excluding hydrogens is 619 g/mol. The zero-order valence-electron chi connectivity index (χ0n) is 29.7. The maximum atomic E-state index is 13.8. The van der Waals surface area contributed by atoms with E-state index in [1.54, 1.807) is 12.1 Å². The van der Waals surface area contributed by atoms with E-state index in [9.17, 15) is 14.7 Å². The summed E-state index contributed by atoms with van der Waals surface area (Å²) in [6, 6.07) is 25.0. The lowest BCUT2D eigenvalue weighted by molar-refractivity contribution is -0.129. The predicted octanol–water partition coefficient (Wildman–Crippen LogP) is 10.1. The SMILES string of the molecule is CCCCCCCCc1ccc(N2CCCc3cc(/C=C/C4=CC(=C5\C(=O)N(c6ccccc6)N=C5C(=O)O)/C5CC4C5(C)C)ccc32)cc1. The third-order valence-corrected chi connectivity index (χ3v) is 11.5. The molecule has 0 aromatic heterocycles. The van der Waals surface area contributed by atoms with E-state index in [1.807, 2.05) is 18.2 Å². The van der Waals surface area contributed by atoms with Crippen LogP contribution in [0.1, 0.15) is 88.8 Å². The summed E-state index contributed by atoms with van der Waals surface area (Å²) in [5.41, 5.74) is 8.90. The topological polar surface area (TPSA) is 73.2 Å². The van der Waals surface area contributed by atoms with Crippen molar-refractivity contribution in [2.24, 2.45) is 22.4 Å². The Bertz CT molecular complexity index is 1880. The lowest BCUT2D eigenvalue weighted by Gasteiger charge is -2.57. The van der Waals surface area contributed by atoms with Gasteiger partial charge in [-0.3, -0.25) is 4.79 Å². The molecule has 3 aliphatic carbocycles. The molecular formula is C44H49N3O3. The number of amides is 1. The molecule has 1 N–H and O–H groups in total. The minimum absolute atomic E-state index is 0.0959. The summed E-state index contributed by atoms with van der Waals surface area (Å²) in [5, 5.41) is 15.7. The molecule has 258 valence electrons. The number of unbranched alkanes of at least 4 members (excludes halogenated alkanes) is 5. The highest BCUT2D eigenvalue weighted by atomic mass is 16.4. The Morgan fingerprint density at radius 3 is 2.42 bits per heavy atom. The number of hydrogen-bond donors (Lipinski definition) is 1. The fraction of sp³-hybridized carbons (Fsp3) is 0.386. The third-order valence-electron chi connectivity index (χ3n) is 11.5. The predicted molar refractivity (Wildman–Crippen MR) is 204 cm³/mol. The number of hydrazone groups is 1. The molecule has 0 spiro atoms. The fourth-order valence-electron chi connectivity index (χ4n) is 8.50. The summed E-state index contributed by atoms with van der Waals surface area (Å²) in [5.74, 6) is -1.12. The molecule has 1 amide bonds. The van der Waals surface area contributed by atoms with Gasteiger partial charge in [-0.25, -0.2) is 4.79 Å². The van der Waals surface area contributed by atoms with Gasteiger partial charge in [-0.2, -0.15) is 10.1 Å². The Morgan fingerprint density at radius 2 is 1.68 bits per heavy atom. The van der Waals surface area contributed by atoms with Crippen LogP contribution in [0.2, 0.25) is 0 Å². The lowest BCUT2D eigenvalue weighted by Crippen LogP contribution is -2.49. The van der Waals surface area contributed by atoms with Crippen LogP contribution in [0.4, 0.5) is 17.1 Å². The summed E-state index contributed by atoms with van der Waals surface area (Å²) in [7, 11) is 0. The molecule has 2 unspecified atom stereocenters. The first-order valence-corrected chi connectivity index (χ1v) is 18.6. The van der Waals surface area contributed by atoms with E-state index in [0.29, 0.717) is 11.6 Å². The van der Waals surface area contributed by atoms with Gasteiger partial charge in [-0.05, 0) is 114 Å². The number of aliphatic carboxylic acids is 1. The highest BCUT2D eigenvalue weighted by Gasteiger charge is 2.55. The van der Waals surface area contributed by atoms with Crippen molar-refractivity contribution in [3.8, 4) is 0 Å². The molecule has 1 fully saturated rings. The number of benzene rings is 3. The maximum absolute atomic E-state index is 13.8. The van der Waals surface area contributed by atoms with E-state index in [-0.39, 0.29) is 28.5 Å². The molecule has 2 bridgehead atoms. The summed E-state index contributed by atoms with van der Waals surface area (Å²) < 4.78 is 0. The number of carboxylic acids is 1. The number of fused-ring (bicyclic) bond motifs is 2. The van der Waals surface area contributed by atoms with Crippen molar-refractivity contribution in [1.29, 1.82) is 0 Å². The molecule has 5 aliphatic rings. The van der Waals surface area contributed by atoms with Gasteiger partial charge in [-0.1, -0.05) is 108 Å². The number of aryl methyl sites for hydroxylation is 2. The quantitative estimate of drug-likeness (QED) is 0.154. The van der Waals surface area contributed by atoms with Gasteiger partial charge in [0.15, 0.2) is 5.71 Å². The average molecular weight is 668 g/mol. The minimum atomic E-state index is -1.18. The van der Waals surface area contributed by atoms with Crippen LogP contribution in [-0.4, -0.2) is 29.2 Å². The van der Waals surface area contributed by atoms with Crippen LogP contribution in [-0.2, 0) is 22.4 Å². The molecule has 6 heteroatoms. The van der Waals surface area contributed by atoms with Crippen LogP contribution in [0.15, 0.2) is 107 Å². The van der Waals surface area contributed by atoms with Crippen LogP contribution in [0, 0.1) is 17.3 Å². The van der Waals surface area contributed by atoms with E-state index < -0.39 is 5.97 Å². The zero-order chi connectivity index (χ0) is 34.8.